The van der Waals surface area contributed by atoms with Gasteiger partial charge in [-0.25, -0.2) is 9.78 Å². The lowest BCUT2D eigenvalue weighted by Gasteiger charge is -2.31. The van der Waals surface area contributed by atoms with E-state index in [1.54, 1.807) is 41.7 Å². The molecule has 1 aliphatic heterocycles. The molecule has 0 spiro atoms. The minimum atomic E-state index is -0.390. The summed E-state index contributed by atoms with van der Waals surface area (Å²) in [6.45, 7) is 1.14. The Labute approximate surface area is 172 Å². The van der Waals surface area contributed by atoms with Crippen LogP contribution in [0.15, 0.2) is 36.8 Å². The van der Waals surface area contributed by atoms with Gasteiger partial charge in [0.15, 0.2) is 0 Å². The number of hydrogen-bond donors (Lipinski definition) is 2. The number of likely N-dealkylation sites (tertiary alicyclic amines) is 1. The quantitative estimate of drug-likeness (QED) is 0.719. The van der Waals surface area contributed by atoms with E-state index in [9.17, 15) is 9.59 Å². The number of nitrogens with one attached hydrogen (secondary N) is 2. The minimum Gasteiger partial charge on any atom is -0.445 e. The van der Waals surface area contributed by atoms with Crippen LogP contribution in [-0.4, -0.2) is 46.0 Å². The van der Waals surface area contributed by atoms with Gasteiger partial charge in [0.05, 0.1) is 12.0 Å². The van der Waals surface area contributed by atoms with Gasteiger partial charge in [0.1, 0.15) is 6.61 Å². The van der Waals surface area contributed by atoms with E-state index in [1.165, 1.54) is 6.08 Å². The first kappa shape index (κ1) is 20.2. The van der Waals surface area contributed by atoms with Gasteiger partial charge < -0.3 is 19.9 Å². The van der Waals surface area contributed by atoms with Crippen molar-refractivity contribution in [3.05, 3.63) is 58.1 Å². The number of hydrogen-bond acceptors (Lipinski definition) is 4. The maximum Gasteiger partial charge on any atom is 0.410 e. The number of amides is 2. The second-order valence-corrected chi connectivity index (χ2v) is 7.30. The molecule has 7 nitrogen and oxygen atoms in total. The Morgan fingerprint density at radius 1 is 1.25 bits per heavy atom. The number of nitrogens with zero attached hydrogens (tertiary/aromatic N) is 2. The standard InChI is InChI=1S/C19H20Cl2N4O3/c20-14-7-13(8-15(21)9-14)11-28-19(27)25-5-3-16(4-6-25)24-18(26)2-1-17-10-22-12-23-17/h1-2,7-10,12,16H,3-6,11H2,(H,22,23)(H,24,26)/b2-1+. The number of rotatable bonds is 5. The van der Waals surface area contributed by atoms with Crippen molar-refractivity contribution in [2.75, 3.05) is 13.1 Å². The Bertz CT molecular complexity index is 827. The predicted molar refractivity (Wildman–Crippen MR) is 107 cm³/mol. The van der Waals surface area contributed by atoms with Gasteiger partial charge in [-0.2, -0.15) is 0 Å². The van der Waals surface area contributed by atoms with Gasteiger partial charge in [-0.15, -0.1) is 0 Å². The number of aromatic nitrogens is 2. The van der Waals surface area contributed by atoms with Crippen LogP contribution in [0.3, 0.4) is 0 Å². The summed E-state index contributed by atoms with van der Waals surface area (Å²) in [5.74, 6) is -0.179. The number of aromatic amines is 1. The Kier molecular flexibility index (Phi) is 6.95. The molecule has 0 radical (unpaired) electrons. The summed E-state index contributed by atoms with van der Waals surface area (Å²) in [5, 5.41) is 3.93. The first-order valence-electron chi connectivity index (χ1n) is 8.83. The summed E-state index contributed by atoms with van der Waals surface area (Å²) >= 11 is 11.9. The van der Waals surface area contributed by atoms with Crippen LogP contribution in [-0.2, 0) is 16.1 Å². The van der Waals surface area contributed by atoms with Gasteiger partial charge in [0, 0.05) is 41.4 Å². The normalized spacial score (nSPS) is 15.0. The van der Waals surface area contributed by atoms with Crippen molar-refractivity contribution in [1.29, 1.82) is 0 Å². The molecule has 2 aromatic rings. The van der Waals surface area contributed by atoms with Crippen LogP contribution in [0.25, 0.3) is 6.08 Å². The van der Waals surface area contributed by atoms with Crippen molar-refractivity contribution in [1.82, 2.24) is 20.2 Å². The van der Waals surface area contributed by atoms with Crippen LogP contribution in [0, 0.1) is 0 Å². The van der Waals surface area contributed by atoms with Crippen molar-refractivity contribution in [3.8, 4) is 0 Å². The third-order valence-electron chi connectivity index (χ3n) is 4.31. The molecule has 1 aromatic carbocycles. The zero-order valence-electron chi connectivity index (χ0n) is 15.0. The van der Waals surface area contributed by atoms with E-state index in [0.29, 0.717) is 41.7 Å². The largest absolute Gasteiger partial charge is 0.445 e. The van der Waals surface area contributed by atoms with Crippen molar-refractivity contribution in [2.45, 2.75) is 25.5 Å². The van der Waals surface area contributed by atoms with Crippen LogP contribution in [0.4, 0.5) is 4.79 Å². The van der Waals surface area contributed by atoms with Gasteiger partial charge >= 0.3 is 6.09 Å². The number of imidazole rings is 1. The molecule has 9 heteroatoms. The maximum absolute atomic E-state index is 12.2. The average Bonchev–Trinajstić information content (AvgIpc) is 3.18. The highest BCUT2D eigenvalue weighted by atomic mass is 35.5. The fourth-order valence-electron chi connectivity index (χ4n) is 2.91. The zero-order valence-corrected chi connectivity index (χ0v) is 16.5. The minimum absolute atomic E-state index is 0.0205. The lowest BCUT2D eigenvalue weighted by Crippen LogP contribution is -2.46. The second kappa shape index (κ2) is 9.61. The van der Waals surface area contributed by atoms with Crippen molar-refractivity contribution >= 4 is 41.3 Å². The number of benzene rings is 1. The smallest absolute Gasteiger partial charge is 0.410 e. The number of carbonyl (C=O) groups is 2. The number of ether oxygens (including phenoxy) is 1. The summed E-state index contributed by atoms with van der Waals surface area (Å²) in [4.78, 5) is 32.7. The molecule has 0 atom stereocenters. The van der Waals surface area contributed by atoms with Gasteiger partial charge in [-0.05, 0) is 42.7 Å². The Hall–Kier alpha value is -2.51. The van der Waals surface area contributed by atoms with E-state index in [-0.39, 0.29) is 24.6 Å². The Morgan fingerprint density at radius 2 is 1.96 bits per heavy atom. The van der Waals surface area contributed by atoms with Crippen LogP contribution < -0.4 is 5.32 Å². The molecule has 0 saturated carbocycles. The van der Waals surface area contributed by atoms with Gasteiger partial charge in [-0.3, -0.25) is 4.79 Å². The summed E-state index contributed by atoms with van der Waals surface area (Å²) in [5.41, 5.74) is 1.42. The molecular formula is C19H20Cl2N4O3. The van der Waals surface area contributed by atoms with Crippen LogP contribution >= 0.6 is 23.2 Å². The van der Waals surface area contributed by atoms with E-state index in [1.807, 2.05) is 0 Å². The van der Waals surface area contributed by atoms with Gasteiger partial charge in [0.2, 0.25) is 5.91 Å². The first-order chi connectivity index (χ1) is 13.5. The second-order valence-electron chi connectivity index (χ2n) is 6.43. The molecule has 2 N–H and O–H groups in total. The zero-order chi connectivity index (χ0) is 19.9. The van der Waals surface area contributed by atoms with E-state index in [4.69, 9.17) is 27.9 Å². The molecule has 148 valence electrons. The molecule has 1 aliphatic rings. The van der Waals surface area contributed by atoms with Crippen LogP contribution in [0.2, 0.25) is 10.0 Å². The monoisotopic (exact) mass is 422 g/mol. The summed E-state index contributed by atoms with van der Waals surface area (Å²) in [7, 11) is 0. The number of carbonyl (C=O) groups excluding carboxylic acids is 2. The van der Waals surface area contributed by atoms with Gasteiger partial charge in [0.25, 0.3) is 0 Å². The number of piperidine rings is 1. The van der Waals surface area contributed by atoms with Gasteiger partial charge in [-0.1, -0.05) is 23.2 Å². The summed E-state index contributed by atoms with van der Waals surface area (Å²) in [6.07, 6.45) is 7.28. The lowest BCUT2D eigenvalue weighted by molar-refractivity contribution is -0.117. The molecule has 0 unspecified atom stereocenters. The fourth-order valence-corrected chi connectivity index (χ4v) is 3.48. The first-order valence-corrected chi connectivity index (χ1v) is 9.59. The van der Waals surface area contributed by atoms with Crippen molar-refractivity contribution in [3.63, 3.8) is 0 Å². The van der Waals surface area contributed by atoms with Crippen LogP contribution in [0.5, 0.6) is 0 Å². The van der Waals surface area contributed by atoms with Crippen molar-refractivity contribution in [2.24, 2.45) is 0 Å². The highest BCUT2D eigenvalue weighted by Crippen LogP contribution is 2.20. The highest BCUT2D eigenvalue weighted by Gasteiger charge is 2.24. The molecule has 2 amide bonds. The summed E-state index contributed by atoms with van der Waals surface area (Å²) < 4.78 is 5.34. The number of H-pyrrole nitrogens is 1. The third kappa shape index (κ3) is 6.00. The molecule has 1 fully saturated rings. The van der Waals surface area contributed by atoms with Crippen molar-refractivity contribution < 1.29 is 14.3 Å². The maximum atomic E-state index is 12.2. The SMILES string of the molecule is O=C(/C=C/c1c[nH]cn1)NC1CCN(C(=O)OCc2cc(Cl)cc(Cl)c2)CC1. The molecule has 1 saturated heterocycles. The highest BCUT2D eigenvalue weighted by molar-refractivity contribution is 6.34. The topological polar surface area (TPSA) is 87.3 Å². The average molecular weight is 423 g/mol. The fraction of sp³-hybridized carbons (Fsp3) is 0.316. The molecular weight excluding hydrogens is 403 g/mol. The lowest BCUT2D eigenvalue weighted by atomic mass is 10.1. The Morgan fingerprint density at radius 3 is 2.61 bits per heavy atom. The molecule has 3 rings (SSSR count). The number of halogens is 2. The molecule has 28 heavy (non-hydrogen) atoms. The summed E-state index contributed by atoms with van der Waals surface area (Å²) in [6, 6.07) is 5.06. The van der Waals surface area contributed by atoms with E-state index < -0.39 is 0 Å². The van der Waals surface area contributed by atoms with E-state index in [0.717, 1.165) is 5.56 Å². The molecule has 1 aromatic heterocycles. The van der Waals surface area contributed by atoms with E-state index >= 15 is 0 Å². The van der Waals surface area contributed by atoms with E-state index in [2.05, 4.69) is 15.3 Å². The third-order valence-corrected chi connectivity index (χ3v) is 4.75. The van der Waals surface area contributed by atoms with Crippen LogP contribution in [0.1, 0.15) is 24.1 Å². The Balaban J connectivity index is 1.40. The predicted octanol–water partition coefficient (Wildman–Crippen LogP) is 3.65. The molecule has 2 heterocycles. The molecule has 0 bridgehead atoms. The molecule has 0 aliphatic carbocycles.